The predicted molar refractivity (Wildman–Crippen MR) is 101 cm³/mol. The third-order valence-electron chi connectivity index (χ3n) is 4.48. The zero-order valence-electron chi connectivity index (χ0n) is 14.6. The molecule has 5 N–H and O–H groups in total. The molecule has 130 valence electrons. The molecular weight excluding hydrogens is 312 g/mol. The SMILES string of the molecule is Cc1cccc(C2C=C(NCCc3cccc(O)c3)N=C(N)N2)c1C. The van der Waals surface area contributed by atoms with Crippen molar-refractivity contribution in [3.63, 3.8) is 0 Å². The molecule has 1 aliphatic heterocycles. The lowest BCUT2D eigenvalue weighted by molar-refractivity contribution is 0.474. The number of guanidine groups is 1. The van der Waals surface area contributed by atoms with E-state index >= 15 is 0 Å². The van der Waals surface area contributed by atoms with Crippen LogP contribution in [0.2, 0.25) is 0 Å². The summed E-state index contributed by atoms with van der Waals surface area (Å²) in [5.41, 5.74) is 10.8. The number of aryl methyl sites for hydroxylation is 1. The number of aromatic hydroxyl groups is 1. The molecule has 0 aromatic heterocycles. The molecule has 0 radical (unpaired) electrons. The van der Waals surface area contributed by atoms with Crippen LogP contribution in [0.4, 0.5) is 0 Å². The van der Waals surface area contributed by atoms with E-state index in [0.29, 0.717) is 12.5 Å². The van der Waals surface area contributed by atoms with E-state index in [0.717, 1.165) is 17.8 Å². The van der Waals surface area contributed by atoms with Crippen LogP contribution in [-0.4, -0.2) is 17.6 Å². The first kappa shape index (κ1) is 16.9. The lowest BCUT2D eigenvalue weighted by atomic mass is 9.97. The van der Waals surface area contributed by atoms with Crippen molar-refractivity contribution in [1.29, 1.82) is 0 Å². The fraction of sp³-hybridized carbons (Fsp3) is 0.250. The Labute approximate surface area is 148 Å². The van der Waals surface area contributed by atoms with Crippen LogP contribution < -0.4 is 16.4 Å². The molecule has 1 atom stereocenters. The van der Waals surface area contributed by atoms with E-state index in [-0.39, 0.29) is 11.8 Å². The minimum Gasteiger partial charge on any atom is -0.508 e. The Hall–Kier alpha value is -2.95. The Bertz CT molecular complexity index is 826. The van der Waals surface area contributed by atoms with Crippen LogP contribution in [0.1, 0.15) is 28.3 Å². The van der Waals surface area contributed by atoms with E-state index in [1.54, 1.807) is 12.1 Å². The van der Waals surface area contributed by atoms with Gasteiger partial charge in [-0.05, 0) is 60.7 Å². The summed E-state index contributed by atoms with van der Waals surface area (Å²) >= 11 is 0. The van der Waals surface area contributed by atoms with Gasteiger partial charge in [0.15, 0.2) is 5.96 Å². The molecule has 5 heteroatoms. The number of nitrogens with one attached hydrogen (secondary N) is 2. The molecule has 3 rings (SSSR count). The number of rotatable bonds is 5. The Balaban J connectivity index is 1.69. The average Bonchev–Trinajstić information content (AvgIpc) is 2.57. The molecule has 1 heterocycles. The van der Waals surface area contributed by atoms with Gasteiger partial charge in [-0.25, -0.2) is 0 Å². The molecule has 1 aliphatic rings. The van der Waals surface area contributed by atoms with Crippen molar-refractivity contribution in [2.24, 2.45) is 10.7 Å². The maximum atomic E-state index is 9.53. The van der Waals surface area contributed by atoms with E-state index in [1.165, 1.54) is 16.7 Å². The zero-order chi connectivity index (χ0) is 17.8. The fourth-order valence-corrected chi connectivity index (χ4v) is 2.98. The normalized spacial score (nSPS) is 16.6. The van der Waals surface area contributed by atoms with E-state index in [1.807, 2.05) is 12.1 Å². The van der Waals surface area contributed by atoms with Crippen LogP contribution in [0.5, 0.6) is 5.75 Å². The smallest absolute Gasteiger partial charge is 0.195 e. The Kier molecular flexibility index (Phi) is 4.93. The quantitative estimate of drug-likeness (QED) is 0.676. The van der Waals surface area contributed by atoms with Crippen LogP contribution in [0.3, 0.4) is 0 Å². The van der Waals surface area contributed by atoms with Crippen molar-refractivity contribution >= 4 is 5.96 Å². The van der Waals surface area contributed by atoms with Gasteiger partial charge in [-0.1, -0.05) is 30.3 Å². The molecule has 1 unspecified atom stereocenters. The van der Waals surface area contributed by atoms with Crippen LogP contribution >= 0.6 is 0 Å². The summed E-state index contributed by atoms with van der Waals surface area (Å²) in [4.78, 5) is 4.34. The van der Waals surface area contributed by atoms with Crippen molar-refractivity contribution in [3.8, 4) is 5.75 Å². The van der Waals surface area contributed by atoms with Crippen molar-refractivity contribution in [2.75, 3.05) is 6.54 Å². The first-order valence-electron chi connectivity index (χ1n) is 8.43. The van der Waals surface area contributed by atoms with Crippen LogP contribution in [0.25, 0.3) is 0 Å². The highest BCUT2D eigenvalue weighted by Gasteiger charge is 2.17. The summed E-state index contributed by atoms with van der Waals surface area (Å²) in [6, 6.07) is 13.6. The number of hydrogen-bond donors (Lipinski definition) is 4. The Morgan fingerprint density at radius 1 is 1.20 bits per heavy atom. The third kappa shape index (κ3) is 4.12. The fourth-order valence-electron chi connectivity index (χ4n) is 2.98. The second kappa shape index (κ2) is 7.30. The van der Waals surface area contributed by atoms with Gasteiger partial charge in [0, 0.05) is 6.54 Å². The van der Waals surface area contributed by atoms with Gasteiger partial charge in [-0.15, -0.1) is 0 Å². The van der Waals surface area contributed by atoms with Crippen molar-refractivity contribution in [3.05, 3.63) is 76.6 Å². The predicted octanol–water partition coefficient (Wildman–Crippen LogP) is 2.64. The monoisotopic (exact) mass is 336 g/mol. The molecule has 5 nitrogen and oxygen atoms in total. The molecule has 2 aromatic rings. The van der Waals surface area contributed by atoms with Crippen LogP contribution in [-0.2, 0) is 6.42 Å². The van der Waals surface area contributed by atoms with Gasteiger partial charge in [-0.3, -0.25) is 0 Å². The summed E-state index contributed by atoms with van der Waals surface area (Å²) in [7, 11) is 0. The third-order valence-corrected chi connectivity index (χ3v) is 4.48. The molecule has 0 spiro atoms. The van der Waals surface area contributed by atoms with Gasteiger partial charge in [0.05, 0.1) is 6.04 Å². The second-order valence-corrected chi connectivity index (χ2v) is 6.31. The summed E-state index contributed by atoms with van der Waals surface area (Å²) in [6.07, 6.45) is 2.85. The number of phenolic OH excluding ortho intramolecular Hbond substituents is 1. The number of nitrogens with zero attached hydrogens (tertiary/aromatic N) is 1. The second-order valence-electron chi connectivity index (χ2n) is 6.31. The van der Waals surface area contributed by atoms with E-state index < -0.39 is 0 Å². The van der Waals surface area contributed by atoms with Gasteiger partial charge < -0.3 is 21.5 Å². The summed E-state index contributed by atoms with van der Waals surface area (Å²) in [5.74, 6) is 1.46. The molecule has 0 amide bonds. The number of hydrogen-bond acceptors (Lipinski definition) is 5. The van der Waals surface area contributed by atoms with Gasteiger partial charge >= 0.3 is 0 Å². The average molecular weight is 336 g/mol. The van der Waals surface area contributed by atoms with Crippen LogP contribution in [0.15, 0.2) is 59.4 Å². The van der Waals surface area contributed by atoms with Crippen molar-refractivity contribution in [2.45, 2.75) is 26.3 Å². The van der Waals surface area contributed by atoms with Gasteiger partial charge in [0.25, 0.3) is 0 Å². The maximum Gasteiger partial charge on any atom is 0.195 e. The minimum atomic E-state index is 0.000620. The molecular formula is C20H24N4O. The van der Waals surface area contributed by atoms with Gasteiger partial charge in [-0.2, -0.15) is 4.99 Å². The number of nitrogens with two attached hydrogens (primary N) is 1. The zero-order valence-corrected chi connectivity index (χ0v) is 14.6. The molecule has 0 fully saturated rings. The number of aliphatic imine (C=N–C) groups is 1. The lowest BCUT2D eigenvalue weighted by Gasteiger charge is -2.24. The summed E-state index contributed by atoms with van der Waals surface area (Å²) < 4.78 is 0. The molecule has 0 saturated heterocycles. The number of phenols is 1. The molecule has 0 bridgehead atoms. The number of benzene rings is 2. The van der Waals surface area contributed by atoms with E-state index in [9.17, 15) is 5.11 Å². The highest BCUT2D eigenvalue weighted by molar-refractivity contribution is 5.80. The highest BCUT2D eigenvalue weighted by Crippen LogP contribution is 2.24. The molecule has 25 heavy (non-hydrogen) atoms. The molecule has 2 aromatic carbocycles. The lowest BCUT2D eigenvalue weighted by Crippen LogP contribution is -2.38. The van der Waals surface area contributed by atoms with Crippen LogP contribution in [0, 0.1) is 13.8 Å². The summed E-state index contributed by atoms with van der Waals surface area (Å²) in [5, 5.41) is 16.1. The van der Waals surface area contributed by atoms with Gasteiger partial charge in [0.1, 0.15) is 11.6 Å². The standard InChI is InChI=1S/C20H24N4O/c1-13-5-3-8-17(14(13)2)18-12-19(24-20(21)23-18)22-10-9-15-6-4-7-16(25)11-15/h3-8,11-12,18,22,25H,9-10H2,1-2H3,(H3,21,23,24). The first-order chi connectivity index (χ1) is 12.0. The molecule has 0 aliphatic carbocycles. The maximum absolute atomic E-state index is 9.53. The Morgan fingerprint density at radius 2 is 2.00 bits per heavy atom. The van der Waals surface area contributed by atoms with Gasteiger partial charge in [0.2, 0.25) is 0 Å². The largest absolute Gasteiger partial charge is 0.508 e. The van der Waals surface area contributed by atoms with E-state index in [2.05, 4.69) is 53.7 Å². The highest BCUT2D eigenvalue weighted by atomic mass is 16.3. The van der Waals surface area contributed by atoms with Crippen molar-refractivity contribution in [1.82, 2.24) is 10.6 Å². The minimum absolute atomic E-state index is 0.000620. The van der Waals surface area contributed by atoms with Crippen molar-refractivity contribution < 1.29 is 5.11 Å². The summed E-state index contributed by atoms with van der Waals surface area (Å²) in [6.45, 7) is 4.94. The molecule has 0 saturated carbocycles. The van der Waals surface area contributed by atoms with E-state index in [4.69, 9.17) is 5.73 Å². The Morgan fingerprint density at radius 3 is 2.80 bits per heavy atom. The topological polar surface area (TPSA) is 82.7 Å². The first-order valence-corrected chi connectivity index (χ1v) is 8.43.